The fraction of sp³-hybridized carbons (Fsp3) is 0.280. The molecule has 8 heteroatoms. The predicted molar refractivity (Wildman–Crippen MR) is 113 cm³/mol. The van der Waals surface area contributed by atoms with Crippen LogP contribution < -0.4 is 4.74 Å². The van der Waals surface area contributed by atoms with Gasteiger partial charge < -0.3 is 23.5 Å². The molecule has 5 rings (SSSR count). The number of fused-ring (bicyclic) bond motifs is 1. The monoisotopic (exact) mass is 451 g/mol. The third kappa shape index (κ3) is 4.61. The Balaban J connectivity index is 1.25. The smallest absolute Gasteiger partial charge is 0.311 e. The normalized spacial score (nSPS) is 19.8. The molecule has 170 valence electrons. The van der Waals surface area contributed by atoms with E-state index < -0.39 is 24.0 Å². The van der Waals surface area contributed by atoms with Gasteiger partial charge in [-0.3, -0.25) is 9.59 Å². The molecular weight excluding hydrogens is 429 g/mol. The lowest BCUT2D eigenvalue weighted by molar-refractivity contribution is -0.150. The van der Waals surface area contributed by atoms with Crippen molar-refractivity contribution in [1.82, 2.24) is 4.90 Å². The first-order valence-corrected chi connectivity index (χ1v) is 10.7. The number of furan rings is 1. The van der Waals surface area contributed by atoms with E-state index >= 15 is 0 Å². The maximum absolute atomic E-state index is 14.2. The number of nitrogens with zero attached hydrogens (tertiary/aromatic N) is 1. The minimum Gasteiger partial charge on any atom is -0.467 e. The van der Waals surface area contributed by atoms with Crippen LogP contribution in [-0.2, 0) is 38.8 Å². The van der Waals surface area contributed by atoms with E-state index in [9.17, 15) is 14.0 Å². The second-order valence-corrected chi connectivity index (χ2v) is 8.09. The molecule has 1 amide bonds. The second-order valence-electron chi connectivity index (χ2n) is 8.09. The molecule has 0 unspecified atom stereocenters. The number of carbonyl (C=O) groups is 2. The van der Waals surface area contributed by atoms with Gasteiger partial charge in [-0.2, -0.15) is 0 Å². The molecule has 2 aromatic carbocycles. The van der Waals surface area contributed by atoms with E-state index in [1.165, 1.54) is 18.4 Å². The highest BCUT2D eigenvalue weighted by atomic mass is 19.1. The number of ether oxygens (including phenoxy) is 3. The summed E-state index contributed by atoms with van der Waals surface area (Å²) in [5.41, 5.74) is 1.80. The molecule has 0 saturated carbocycles. The number of hydrogen-bond donors (Lipinski definition) is 0. The molecule has 0 spiro atoms. The summed E-state index contributed by atoms with van der Waals surface area (Å²) in [5, 5.41) is 0. The zero-order chi connectivity index (χ0) is 22.8. The number of benzene rings is 2. The summed E-state index contributed by atoms with van der Waals surface area (Å²) < 4.78 is 36.7. The summed E-state index contributed by atoms with van der Waals surface area (Å²) in [5.74, 6) is -0.594. The number of rotatable bonds is 6. The molecule has 2 aliphatic rings. The van der Waals surface area contributed by atoms with Crippen molar-refractivity contribution < 1.29 is 32.6 Å². The van der Waals surface area contributed by atoms with Gasteiger partial charge in [0.25, 0.3) is 0 Å². The molecular formula is C25H22FNO6. The minimum atomic E-state index is -0.638. The number of likely N-dealkylation sites (tertiary alicyclic amines) is 1. The van der Waals surface area contributed by atoms with E-state index in [0.717, 1.165) is 5.56 Å². The molecule has 1 fully saturated rings. The Morgan fingerprint density at radius 2 is 2.00 bits per heavy atom. The van der Waals surface area contributed by atoms with E-state index in [-0.39, 0.29) is 32.1 Å². The molecule has 1 aromatic heterocycles. The topological polar surface area (TPSA) is 78.2 Å². The molecule has 2 atom stereocenters. The van der Waals surface area contributed by atoms with Gasteiger partial charge in [-0.05, 0) is 24.3 Å². The van der Waals surface area contributed by atoms with Gasteiger partial charge in [0.1, 0.15) is 23.9 Å². The molecule has 0 bridgehead atoms. The minimum absolute atomic E-state index is 0.0707. The molecule has 0 N–H and O–H groups in total. The lowest BCUT2D eigenvalue weighted by atomic mass is 10.1. The molecule has 0 radical (unpaired) electrons. The highest BCUT2D eigenvalue weighted by Crippen LogP contribution is 2.37. The van der Waals surface area contributed by atoms with Crippen LogP contribution >= 0.6 is 0 Å². The average molecular weight is 451 g/mol. The van der Waals surface area contributed by atoms with Crippen LogP contribution in [0, 0.1) is 11.7 Å². The lowest BCUT2D eigenvalue weighted by Gasteiger charge is -2.28. The summed E-state index contributed by atoms with van der Waals surface area (Å²) in [6, 6.07) is 15.6. The average Bonchev–Trinajstić information content (AvgIpc) is 3.47. The van der Waals surface area contributed by atoms with Crippen molar-refractivity contribution in [3.63, 3.8) is 0 Å². The van der Waals surface area contributed by atoms with E-state index in [1.807, 2.05) is 30.3 Å². The summed E-state index contributed by atoms with van der Waals surface area (Å²) in [7, 11) is 0. The van der Waals surface area contributed by atoms with Crippen LogP contribution in [0.3, 0.4) is 0 Å². The van der Waals surface area contributed by atoms with Gasteiger partial charge in [0.05, 0.1) is 25.3 Å². The van der Waals surface area contributed by atoms with Crippen molar-refractivity contribution in [2.24, 2.45) is 5.92 Å². The summed E-state index contributed by atoms with van der Waals surface area (Å²) in [6.07, 6.45) is 0.971. The fourth-order valence-electron chi connectivity index (χ4n) is 4.10. The van der Waals surface area contributed by atoms with Gasteiger partial charge >= 0.3 is 5.97 Å². The van der Waals surface area contributed by atoms with Gasteiger partial charge in [0, 0.05) is 29.7 Å². The van der Waals surface area contributed by atoms with Crippen molar-refractivity contribution in [2.45, 2.75) is 32.5 Å². The summed E-state index contributed by atoms with van der Waals surface area (Å²) in [6.45, 7) is 0.567. The Morgan fingerprint density at radius 3 is 2.79 bits per heavy atom. The van der Waals surface area contributed by atoms with Crippen molar-refractivity contribution in [1.29, 1.82) is 0 Å². The fourth-order valence-corrected chi connectivity index (χ4v) is 4.10. The molecule has 2 aliphatic heterocycles. The quantitative estimate of drug-likeness (QED) is 0.525. The first-order chi connectivity index (χ1) is 16.1. The number of hydrogen-bond acceptors (Lipinski definition) is 6. The maximum atomic E-state index is 14.2. The second kappa shape index (κ2) is 9.07. The highest BCUT2D eigenvalue weighted by molar-refractivity contribution is 5.86. The standard InChI is InChI=1S/C25H22FNO6/c26-20-9-18(23-19(10-20)15-32-25(33-23)16-5-2-1-3-6-16)14-31-24(29)17-11-22(28)27(12-17)13-21-7-4-8-30-21/h1-10,17,25H,11-15H2/t17-,25-/m0/s1. The van der Waals surface area contributed by atoms with Crippen molar-refractivity contribution in [2.75, 3.05) is 6.54 Å². The number of amides is 1. The lowest BCUT2D eigenvalue weighted by Crippen LogP contribution is -2.26. The van der Waals surface area contributed by atoms with Gasteiger partial charge in [-0.25, -0.2) is 4.39 Å². The van der Waals surface area contributed by atoms with Crippen molar-refractivity contribution >= 4 is 11.9 Å². The number of esters is 1. The van der Waals surface area contributed by atoms with Crippen molar-refractivity contribution in [3.8, 4) is 5.75 Å². The van der Waals surface area contributed by atoms with Crippen LogP contribution in [0.25, 0.3) is 0 Å². The van der Waals surface area contributed by atoms with E-state index in [0.29, 0.717) is 29.2 Å². The van der Waals surface area contributed by atoms with Crippen LogP contribution in [0.15, 0.2) is 65.3 Å². The zero-order valence-electron chi connectivity index (χ0n) is 17.7. The highest BCUT2D eigenvalue weighted by Gasteiger charge is 2.36. The molecule has 3 aromatic rings. The Bertz CT molecular complexity index is 1150. The molecule has 1 saturated heterocycles. The summed E-state index contributed by atoms with van der Waals surface area (Å²) in [4.78, 5) is 26.5. The van der Waals surface area contributed by atoms with Crippen LogP contribution in [0.5, 0.6) is 5.75 Å². The van der Waals surface area contributed by atoms with E-state index in [2.05, 4.69) is 0 Å². The van der Waals surface area contributed by atoms with Crippen LogP contribution in [0.4, 0.5) is 4.39 Å². The maximum Gasteiger partial charge on any atom is 0.311 e. The van der Waals surface area contributed by atoms with Crippen molar-refractivity contribution in [3.05, 3.63) is 89.1 Å². The van der Waals surface area contributed by atoms with E-state index in [4.69, 9.17) is 18.6 Å². The Morgan fingerprint density at radius 1 is 1.15 bits per heavy atom. The van der Waals surface area contributed by atoms with Gasteiger partial charge in [-0.1, -0.05) is 30.3 Å². The molecule has 33 heavy (non-hydrogen) atoms. The van der Waals surface area contributed by atoms with Gasteiger partial charge in [-0.15, -0.1) is 0 Å². The first-order valence-electron chi connectivity index (χ1n) is 10.7. The predicted octanol–water partition coefficient (Wildman–Crippen LogP) is 4.12. The van der Waals surface area contributed by atoms with Crippen LogP contribution in [0.2, 0.25) is 0 Å². The Kier molecular flexibility index (Phi) is 5.83. The van der Waals surface area contributed by atoms with Gasteiger partial charge in [0.2, 0.25) is 12.2 Å². The van der Waals surface area contributed by atoms with Crippen LogP contribution in [0.1, 0.15) is 35.2 Å². The first kappa shape index (κ1) is 21.2. The largest absolute Gasteiger partial charge is 0.467 e. The van der Waals surface area contributed by atoms with Gasteiger partial charge in [0.15, 0.2) is 0 Å². The van der Waals surface area contributed by atoms with Crippen LogP contribution in [-0.4, -0.2) is 23.3 Å². The zero-order valence-corrected chi connectivity index (χ0v) is 17.7. The molecule has 3 heterocycles. The summed E-state index contributed by atoms with van der Waals surface area (Å²) >= 11 is 0. The molecule has 7 nitrogen and oxygen atoms in total. The third-order valence-corrected chi connectivity index (χ3v) is 5.74. The number of halogens is 1. The Hall–Kier alpha value is -3.65. The SMILES string of the molecule is O=C(OCc1cc(F)cc2c1O[C@@H](c1ccccc1)OC2)[C@H]1CC(=O)N(Cc2ccco2)C1. The third-order valence-electron chi connectivity index (χ3n) is 5.74. The van der Waals surface area contributed by atoms with E-state index in [1.54, 1.807) is 17.0 Å². The number of carbonyl (C=O) groups excluding carboxylic acids is 2. The Labute approximate surface area is 189 Å². The molecule has 0 aliphatic carbocycles.